The summed E-state index contributed by atoms with van der Waals surface area (Å²) in [6.07, 6.45) is 1.83. The Kier molecular flexibility index (Phi) is 4.55. The molecule has 2 amide bonds. The normalized spacial score (nSPS) is 15.1. The second-order valence-corrected chi connectivity index (χ2v) is 8.55. The predicted octanol–water partition coefficient (Wildman–Crippen LogP) is 1.04. The molecule has 1 aliphatic heterocycles. The summed E-state index contributed by atoms with van der Waals surface area (Å²) in [5, 5.41) is 3.64. The molecular weight excluding hydrogens is 342 g/mol. The Morgan fingerprint density at radius 2 is 1.76 bits per heavy atom. The van der Waals surface area contributed by atoms with E-state index in [1.54, 1.807) is 0 Å². The van der Waals surface area contributed by atoms with Crippen molar-refractivity contribution >= 4 is 32.6 Å². The number of aromatic amines is 1. The fourth-order valence-corrected chi connectivity index (χ4v) is 3.83. The van der Waals surface area contributed by atoms with Crippen LogP contribution in [0, 0.1) is 6.92 Å². The van der Waals surface area contributed by atoms with Crippen LogP contribution in [-0.4, -0.2) is 60.3 Å². The number of para-hydroxylation sites is 1. The molecule has 0 saturated carbocycles. The van der Waals surface area contributed by atoms with E-state index in [4.69, 9.17) is 0 Å². The van der Waals surface area contributed by atoms with Crippen molar-refractivity contribution in [3.8, 4) is 0 Å². The number of fused-ring (bicyclic) bond motifs is 1. The maximum absolute atomic E-state index is 12.8. The number of carbonyl (C=O) groups excluding carboxylic acids is 2. The van der Waals surface area contributed by atoms with Crippen LogP contribution >= 0.6 is 0 Å². The van der Waals surface area contributed by atoms with Gasteiger partial charge in [-0.2, -0.15) is 0 Å². The van der Waals surface area contributed by atoms with Crippen LogP contribution in [0.25, 0.3) is 10.9 Å². The molecule has 1 N–H and O–H groups in total. The molecule has 0 atom stereocenters. The third-order valence-electron chi connectivity index (χ3n) is 4.35. The number of hydrogen-bond acceptors (Lipinski definition) is 4. The maximum atomic E-state index is 12.8. The van der Waals surface area contributed by atoms with Crippen molar-refractivity contribution in [3.05, 3.63) is 35.5 Å². The van der Waals surface area contributed by atoms with Crippen molar-refractivity contribution in [3.63, 3.8) is 0 Å². The molecule has 1 saturated heterocycles. The molecule has 3 rings (SSSR count). The smallest absolute Gasteiger partial charge is 0.256 e. The number of benzene rings is 1. The van der Waals surface area contributed by atoms with Gasteiger partial charge in [-0.15, -0.1) is 0 Å². The lowest BCUT2D eigenvalue weighted by Gasteiger charge is -2.27. The van der Waals surface area contributed by atoms with Gasteiger partial charge in [-0.3, -0.25) is 19.6 Å². The van der Waals surface area contributed by atoms with Gasteiger partial charge in [-0.1, -0.05) is 18.2 Å². The number of aromatic nitrogens is 1. The van der Waals surface area contributed by atoms with E-state index in [1.807, 2.05) is 31.2 Å². The van der Waals surface area contributed by atoms with Crippen molar-refractivity contribution in [1.29, 1.82) is 0 Å². The number of rotatable bonds is 4. The molecule has 0 unspecified atom stereocenters. The van der Waals surface area contributed by atoms with Crippen molar-refractivity contribution in [2.75, 3.05) is 25.1 Å². The Morgan fingerprint density at radius 3 is 2.44 bits per heavy atom. The number of sulfone groups is 1. The van der Waals surface area contributed by atoms with Gasteiger partial charge in [0.05, 0.1) is 6.42 Å². The van der Waals surface area contributed by atoms with E-state index in [2.05, 4.69) is 4.98 Å². The molecule has 2 aromatic rings. The summed E-state index contributed by atoms with van der Waals surface area (Å²) >= 11 is 0. The van der Waals surface area contributed by atoms with E-state index in [-0.39, 0.29) is 12.3 Å². The predicted molar refractivity (Wildman–Crippen MR) is 94.5 cm³/mol. The summed E-state index contributed by atoms with van der Waals surface area (Å²) in [4.78, 5) is 28.2. The first-order valence-electron chi connectivity index (χ1n) is 8.11. The lowest BCUT2D eigenvalue weighted by molar-refractivity contribution is -0.155. The van der Waals surface area contributed by atoms with Crippen LogP contribution in [-0.2, 0) is 25.8 Å². The van der Waals surface area contributed by atoms with Crippen LogP contribution in [0.3, 0.4) is 0 Å². The first-order valence-corrected chi connectivity index (χ1v) is 10.2. The second-order valence-electron chi connectivity index (χ2n) is 6.41. The van der Waals surface area contributed by atoms with E-state index >= 15 is 0 Å². The number of hydrogen-bond donors (Lipinski definition) is 1. The Morgan fingerprint density at radius 1 is 1.12 bits per heavy atom. The first-order chi connectivity index (χ1) is 11.8. The average Bonchev–Trinajstić information content (AvgIpc) is 3.11. The van der Waals surface area contributed by atoms with Crippen molar-refractivity contribution in [2.24, 2.45) is 0 Å². The minimum Gasteiger partial charge on any atom is -0.358 e. The van der Waals surface area contributed by atoms with Gasteiger partial charge in [0.15, 0.2) is 9.84 Å². The molecule has 0 aliphatic carbocycles. The highest BCUT2D eigenvalue weighted by Crippen LogP contribution is 2.24. The summed E-state index contributed by atoms with van der Waals surface area (Å²) in [7, 11) is -3.43. The fourth-order valence-electron chi connectivity index (χ4n) is 3.23. The van der Waals surface area contributed by atoms with Crippen molar-refractivity contribution < 1.29 is 18.0 Å². The van der Waals surface area contributed by atoms with Gasteiger partial charge in [0.2, 0.25) is 5.91 Å². The van der Waals surface area contributed by atoms with Crippen molar-refractivity contribution in [1.82, 2.24) is 15.0 Å². The van der Waals surface area contributed by atoms with Crippen LogP contribution in [0.1, 0.15) is 17.7 Å². The number of nitrogens with zero attached hydrogens (tertiary/aromatic N) is 2. The molecule has 1 aliphatic rings. The fraction of sp³-hybridized carbons (Fsp3) is 0.412. The van der Waals surface area contributed by atoms with Crippen molar-refractivity contribution in [2.45, 2.75) is 19.8 Å². The van der Waals surface area contributed by atoms with Crippen LogP contribution in [0.5, 0.6) is 0 Å². The Labute approximate surface area is 146 Å². The molecule has 0 bridgehead atoms. The standard InChI is InChI=1S/C17H21N3O4S/c1-12-14(13-6-3-4-7-15(13)18-12)10-16(21)19-8-5-9-20(19)17(22)11-25(2,23)24/h3-4,6-7,18H,5,8-11H2,1-2H3. The minimum atomic E-state index is -3.43. The summed E-state index contributed by atoms with van der Waals surface area (Å²) in [5.41, 5.74) is 2.79. The van der Waals surface area contributed by atoms with Crippen LogP contribution in [0.4, 0.5) is 0 Å². The number of amides is 2. The highest BCUT2D eigenvalue weighted by molar-refractivity contribution is 7.91. The topological polar surface area (TPSA) is 90.6 Å². The molecule has 8 heteroatoms. The van der Waals surface area contributed by atoms with Gasteiger partial charge >= 0.3 is 0 Å². The van der Waals surface area contributed by atoms with Crippen LogP contribution < -0.4 is 0 Å². The zero-order valence-corrected chi connectivity index (χ0v) is 15.1. The number of aryl methyl sites for hydroxylation is 1. The van der Waals surface area contributed by atoms with Gasteiger partial charge in [0.25, 0.3) is 5.91 Å². The Bertz CT molecular complexity index is 933. The van der Waals surface area contributed by atoms with E-state index < -0.39 is 21.5 Å². The molecule has 1 aromatic carbocycles. The van der Waals surface area contributed by atoms with E-state index in [0.717, 1.165) is 28.4 Å². The van der Waals surface area contributed by atoms with E-state index in [0.29, 0.717) is 19.5 Å². The number of nitrogens with one attached hydrogen (secondary N) is 1. The molecule has 134 valence electrons. The molecule has 0 radical (unpaired) electrons. The van der Waals surface area contributed by atoms with Gasteiger partial charge in [0.1, 0.15) is 5.75 Å². The molecule has 1 fully saturated rings. The zero-order chi connectivity index (χ0) is 18.2. The zero-order valence-electron chi connectivity index (χ0n) is 14.3. The minimum absolute atomic E-state index is 0.165. The van der Waals surface area contributed by atoms with Crippen LogP contribution in [0.15, 0.2) is 24.3 Å². The molecule has 7 nitrogen and oxygen atoms in total. The average molecular weight is 363 g/mol. The lowest BCUT2D eigenvalue weighted by Crippen LogP contribution is -2.47. The largest absolute Gasteiger partial charge is 0.358 e. The third kappa shape index (κ3) is 3.68. The monoisotopic (exact) mass is 363 g/mol. The van der Waals surface area contributed by atoms with Gasteiger partial charge < -0.3 is 4.98 Å². The molecule has 0 spiro atoms. The van der Waals surface area contributed by atoms with E-state index in [9.17, 15) is 18.0 Å². The highest BCUT2D eigenvalue weighted by atomic mass is 32.2. The molecule has 1 aromatic heterocycles. The highest BCUT2D eigenvalue weighted by Gasteiger charge is 2.32. The number of carbonyl (C=O) groups is 2. The van der Waals surface area contributed by atoms with E-state index in [1.165, 1.54) is 10.0 Å². The summed E-state index contributed by atoms with van der Waals surface area (Å²) in [6.45, 7) is 2.71. The van der Waals surface area contributed by atoms with Crippen LogP contribution in [0.2, 0.25) is 0 Å². The maximum Gasteiger partial charge on any atom is 0.256 e. The molecular formula is C17H21N3O4S. The summed E-state index contributed by atoms with van der Waals surface area (Å²) < 4.78 is 22.7. The second kappa shape index (κ2) is 6.51. The number of H-pyrrole nitrogens is 1. The third-order valence-corrected chi connectivity index (χ3v) is 5.12. The van der Waals surface area contributed by atoms with Gasteiger partial charge in [0, 0.05) is 35.9 Å². The quantitative estimate of drug-likeness (QED) is 0.879. The molecule has 25 heavy (non-hydrogen) atoms. The SMILES string of the molecule is Cc1[nH]c2ccccc2c1CC(=O)N1CCCN1C(=O)CS(C)(=O)=O. The first kappa shape index (κ1) is 17.5. The Hall–Kier alpha value is -2.35. The number of hydrazine groups is 1. The Balaban J connectivity index is 1.80. The lowest BCUT2D eigenvalue weighted by atomic mass is 10.1. The van der Waals surface area contributed by atoms with Gasteiger partial charge in [-0.05, 0) is 25.0 Å². The summed E-state index contributed by atoms with van der Waals surface area (Å²) in [6, 6.07) is 7.75. The molecule has 2 heterocycles. The van der Waals surface area contributed by atoms with Gasteiger partial charge in [-0.25, -0.2) is 8.42 Å². The summed E-state index contributed by atoms with van der Waals surface area (Å²) in [5.74, 6) is -1.33.